The maximum atomic E-state index is 13.1. The average molecular weight is 347 g/mol. The number of carbonyl (C=O) groups excluding carboxylic acids is 1. The number of aromatic nitrogens is 2. The summed E-state index contributed by atoms with van der Waals surface area (Å²) in [7, 11) is 0. The summed E-state index contributed by atoms with van der Waals surface area (Å²) in [6, 6.07) is 5.98. The zero-order valence-electron chi connectivity index (χ0n) is 15.4. The zero-order chi connectivity index (χ0) is 18.8. The Morgan fingerprint density at radius 2 is 1.92 bits per heavy atom. The molecule has 0 bridgehead atoms. The number of nitrogens with zero attached hydrogens (tertiary/aromatic N) is 2. The van der Waals surface area contributed by atoms with Crippen molar-refractivity contribution in [3.05, 3.63) is 47.0 Å². The highest BCUT2D eigenvalue weighted by Crippen LogP contribution is 2.22. The Morgan fingerprint density at radius 3 is 2.48 bits per heavy atom. The molecule has 0 aliphatic heterocycles. The molecule has 1 heterocycles. The van der Waals surface area contributed by atoms with E-state index >= 15 is 0 Å². The van der Waals surface area contributed by atoms with E-state index in [9.17, 15) is 14.3 Å². The number of rotatable bonds is 6. The van der Waals surface area contributed by atoms with E-state index in [2.05, 4.69) is 10.4 Å². The Kier molecular flexibility index (Phi) is 5.62. The highest BCUT2D eigenvalue weighted by Gasteiger charge is 2.24. The smallest absolute Gasteiger partial charge is 0.255 e. The van der Waals surface area contributed by atoms with Crippen LogP contribution in [0.2, 0.25) is 0 Å². The van der Waals surface area contributed by atoms with Crippen molar-refractivity contribution in [1.29, 1.82) is 0 Å². The highest BCUT2D eigenvalue weighted by molar-refractivity contribution is 5.96. The fourth-order valence-corrected chi connectivity index (χ4v) is 3.08. The van der Waals surface area contributed by atoms with Crippen molar-refractivity contribution in [3.63, 3.8) is 0 Å². The van der Waals surface area contributed by atoms with E-state index in [0.29, 0.717) is 35.6 Å². The maximum absolute atomic E-state index is 13.1. The Hall–Kier alpha value is -2.21. The van der Waals surface area contributed by atoms with Gasteiger partial charge in [-0.2, -0.15) is 5.10 Å². The van der Waals surface area contributed by atoms with Crippen molar-refractivity contribution in [2.75, 3.05) is 6.54 Å². The van der Waals surface area contributed by atoms with Gasteiger partial charge < -0.3 is 10.4 Å². The van der Waals surface area contributed by atoms with Gasteiger partial charge in [0.15, 0.2) is 0 Å². The van der Waals surface area contributed by atoms with Gasteiger partial charge in [-0.05, 0) is 56.9 Å². The first-order valence-electron chi connectivity index (χ1n) is 8.39. The normalized spacial score (nSPS) is 12.9. The number of carbonyl (C=O) groups is 1. The molecule has 5 nitrogen and oxygen atoms in total. The Labute approximate surface area is 147 Å². The third-order valence-corrected chi connectivity index (χ3v) is 4.17. The Bertz CT molecular complexity index is 749. The minimum Gasteiger partial charge on any atom is -0.393 e. The van der Waals surface area contributed by atoms with Crippen LogP contribution in [0, 0.1) is 25.1 Å². The summed E-state index contributed by atoms with van der Waals surface area (Å²) in [5.74, 6) is -0.509. The molecule has 1 unspecified atom stereocenters. The van der Waals surface area contributed by atoms with Crippen molar-refractivity contribution in [2.45, 2.75) is 47.1 Å². The minimum atomic E-state index is -0.420. The van der Waals surface area contributed by atoms with Crippen LogP contribution in [-0.4, -0.2) is 33.4 Å². The number of aliphatic hydroxyl groups is 1. The average Bonchev–Trinajstić information content (AvgIpc) is 2.79. The quantitative estimate of drug-likeness (QED) is 0.843. The van der Waals surface area contributed by atoms with Crippen LogP contribution in [0.15, 0.2) is 24.3 Å². The third-order valence-electron chi connectivity index (χ3n) is 4.17. The number of aryl methyl sites for hydroxylation is 1. The lowest BCUT2D eigenvalue weighted by atomic mass is 9.87. The molecule has 0 aliphatic rings. The topological polar surface area (TPSA) is 67.2 Å². The van der Waals surface area contributed by atoms with Gasteiger partial charge in [0.1, 0.15) is 5.82 Å². The van der Waals surface area contributed by atoms with E-state index in [1.54, 1.807) is 30.7 Å². The van der Waals surface area contributed by atoms with Crippen LogP contribution < -0.4 is 5.32 Å². The Balaban J connectivity index is 2.19. The van der Waals surface area contributed by atoms with Gasteiger partial charge in [0.2, 0.25) is 0 Å². The molecule has 1 aromatic carbocycles. The molecular formula is C19H26FN3O2. The summed E-state index contributed by atoms with van der Waals surface area (Å²) in [4.78, 5) is 12.6. The van der Waals surface area contributed by atoms with Gasteiger partial charge in [0.25, 0.3) is 5.91 Å². The number of nitrogens with one attached hydrogen (secondary N) is 1. The SMILES string of the molecule is Cc1nn(-c2ccc(F)cc2)c(C)c1C(=O)NCC(C)(C)CC(C)O. The second kappa shape index (κ2) is 7.35. The summed E-state index contributed by atoms with van der Waals surface area (Å²) in [6.45, 7) is 9.80. The van der Waals surface area contributed by atoms with E-state index in [-0.39, 0.29) is 17.1 Å². The molecule has 0 aliphatic carbocycles. The number of benzene rings is 1. The molecule has 1 aromatic heterocycles. The second-order valence-electron chi connectivity index (χ2n) is 7.33. The van der Waals surface area contributed by atoms with Crippen LogP contribution >= 0.6 is 0 Å². The summed E-state index contributed by atoms with van der Waals surface area (Å²) in [5, 5.41) is 16.9. The van der Waals surface area contributed by atoms with Crippen LogP contribution in [0.25, 0.3) is 5.69 Å². The summed E-state index contributed by atoms with van der Waals surface area (Å²) < 4.78 is 14.7. The number of hydrogen-bond donors (Lipinski definition) is 2. The van der Waals surface area contributed by atoms with Gasteiger partial charge in [0.05, 0.1) is 28.7 Å². The summed E-state index contributed by atoms with van der Waals surface area (Å²) in [5.41, 5.74) is 2.34. The van der Waals surface area contributed by atoms with Crippen LogP contribution in [0.4, 0.5) is 4.39 Å². The number of hydrogen-bond acceptors (Lipinski definition) is 3. The van der Waals surface area contributed by atoms with Crippen molar-refractivity contribution in [1.82, 2.24) is 15.1 Å². The summed E-state index contributed by atoms with van der Waals surface area (Å²) in [6.07, 6.45) is 0.177. The first kappa shape index (κ1) is 19.1. The molecule has 0 saturated heterocycles. The number of halogens is 1. The van der Waals surface area contributed by atoms with Crippen molar-refractivity contribution < 1.29 is 14.3 Å². The monoisotopic (exact) mass is 347 g/mol. The van der Waals surface area contributed by atoms with Crippen LogP contribution in [0.5, 0.6) is 0 Å². The lowest BCUT2D eigenvalue weighted by Gasteiger charge is -2.26. The third kappa shape index (κ3) is 4.66. The van der Waals surface area contributed by atoms with Gasteiger partial charge in [-0.1, -0.05) is 13.8 Å². The van der Waals surface area contributed by atoms with Gasteiger partial charge >= 0.3 is 0 Å². The van der Waals surface area contributed by atoms with Gasteiger partial charge in [-0.25, -0.2) is 9.07 Å². The molecule has 1 amide bonds. The van der Waals surface area contributed by atoms with E-state index in [1.807, 2.05) is 20.8 Å². The standard InChI is InChI=1S/C19H26FN3O2/c1-12(24)10-19(4,5)11-21-18(25)17-13(2)22-23(14(17)3)16-8-6-15(20)7-9-16/h6-9,12,24H,10-11H2,1-5H3,(H,21,25). The maximum Gasteiger partial charge on any atom is 0.255 e. The molecule has 2 rings (SSSR count). The number of aliphatic hydroxyl groups excluding tert-OH is 1. The molecule has 2 aromatic rings. The molecule has 6 heteroatoms. The Morgan fingerprint density at radius 1 is 1.32 bits per heavy atom. The van der Waals surface area contributed by atoms with Crippen LogP contribution in [0.1, 0.15) is 48.9 Å². The first-order chi connectivity index (χ1) is 11.6. The summed E-state index contributed by atoms with van der Waals surface area (Å²) >= 11 is 0. The van der Waals surface area contributed by atoms with E-state index in [4.69, 9.17) is 0 Å². The van der Waals surface area contributed by atoms with E-state index in [1.165, 1.54) is 12.1 Å². The second-order valence-corrected chi connectivity index (χ2v) is 7.33. The van der Waals surface area contributed by atoms with Crippen molar-refractivity contribution >= 4 is 5.91 Å². The zero-order valence-corrected chi connectivity index (χ0v) is 15.4. The minimum absolute atomic E-state index is 0.193. The molecule has 1 atom stereocenters. The van der Waals surface area contributed by atoms with Gasteiger partial charge in [-0.15, -0.1) is 0 Å². The number of amides is 1. The van der Waals surface area contributed by atoms with E-state index in [0.717, 1.165) is 0 Å². The molecule has 0 fully saturated rings. The molecule has 0 radical (unpaired) electrons. The molecule has 0 spiro atoms. The largest absolute Gasteiger partial charge is 0.393 e. The van der Waals surface area contributed by atoms with Crippen LogP contribution in [-0.2, 0) is 0 Å². The van der Waals surface area contributed by atoms with E-state index < -0.39 is 6.10 Å². The lowest BCUT2D eigenvalue weighted by Crippen LogP contribution is -2.36. The van der Waals surface area contributed by atoms with Crippen molar-refractivity contribution in [2.24, 2.45) is 5.41 Å². The molecule has 136 valence electrons. The molecular weight excluding hydrogens is 321 g/mol. The van der Waals surface area contributed by atoms with Gasteiger partial charge in [0, 0.05) is 6.54 Å². The highest BCUT2D eigenvalue weighted by atomic mass is 19.1. The molecule has 0 saturated carbocycles. The van der Waals surface area contributed by atoms with Gasteiger partial charge in [-0.3, -0.25) is 4.79 Å². The fraction of sp³-hybridized carbons (Fsp3) is 0.474. The predicted molar refractivity (Wildman–Crippen MR) is 95.4 cm³/mol. The molecule has 2 N–H and O–H groups in total. The first-order valence-corrected chi connectivity index (χ1v) is 8.39. The lowest BCUT2D eigenvalue weighted by molar-refractivity contribution is 0.0901. The predicted octanol–water partition coefficient (Wildman–Crippen LogP) is 3.16. The molecule has 25 heavy (non-hydrogen) atoms. The van der Waals surface area contributed by atoms with Crippen molar-refractivity contribution in [3.8, 4) is 5.69 Å². The van der Waals surface area contributed by atoms with Crippen LogP contribution in [0.3, 0.4) is 0 Å². The fourth-order valence-electron chi connectivity index (χ4n) is 3.08.